The standard InChI is InChI=1S/C14H24FN3/c1-17(2)7-4-8-18(3)11-13-6-5-12(10-16)9-14(13)15/h5-6,9H,4,7-8,10-11,16H2,1-3H3. The number of hydrogen-bond acceptors (Lipinski definition) is 3. The van der Waals surface area contributed by atoms with Crippen molar-refractivity contribution in [3.05, 3.63) is 35.1 Å². The second-order valence-electron chi connectivity index (χ2n) is 5.02. The number of nitrogens with two attached hydrogens (primary N) is 1. The highest BCUT2D eigenvalue weighted by atomic mass is 19.1. The Bertz CT molecular complexity index is 366. The quantitative estimate of drug-likeness (QED) is 0.802. The van der Waals surface area contributed by atoms with Gasteiger partial charge in [0.2, 0.25) is 0 Å². The van der Waals surface area contributed by atoms with Gasteiger partial charge in [-0.25, -0.2) is 4.39 Å². The van der Waals surface area contributed by atoms with Gasteiger partial charge in [-0.15, -0.1) is 0 Å². The van der Waals surface area contributed by atoms with E-state index in [9.17, 15) is 4.39 Å². The van der Waals surface area contributed by atoms with Crippen LogP contribution in [0.5, 0.6) is 0 Å². The van der Waals surface area contributed by atoms with Crippen molar-refractivity contribution >= 4 is 0 Å². The minimum Gasteiger partial charge on any atom is -0.326 e. The molecule has 0 bridgehead atoms. The highest BCUT2D eigenvalue weighted by Crippen LogP contribution is 2.12. The Hall–Kier alpha value is -0.970. The molecule has 1 aromatic carbocycles. The molecule has 0 radical (unpaired) electrons. The summed E-state index contributed by atoms with van der Waals surface area (Å²) in [5.74, 6) is -0.155. The lowest BCUT2D eigenvalue weighted by atomic mass is 10.1. The van der Waals surface area contributed by atoms with E-state index < -0.39 is 0 Å². The first-order valence-corrected chi connectivity index (χ1v) is 6.33. The highest BCUT2D eigenvalue weighted by Gasteiger charge is 2.06. The van der Waals surface area contributed by atoms with Crippen molar-refractivity contribution in [2.75, 3.05) is 34.2 Å². The lowest BCUT2D eigenvalue weighted by molar-refractivity contribution is 0.291. The number of rotatable bonds is 7. The van der Waals surface area contributed by atoms with Crippen LogP contribution in [-0.4, -0.2) is 44.0 Å². The van der Waals surface area contributed by atoms with E-state index in [-0.39, 0.29) is 5.82 Å². The van der Waals surface area contributed by atoms with E-state index in [2.05, 4.69) is 23.9 Å². The second kappa shape index (κ2) is 7.46. The van der Waals surface area contributed by atoms with Crippen molar-refractivity contribution in [2.24, 2.45) is 5.73 Å². The average molecular weight is 253 g/mol. The first-order valence-electron chi connectivity index (χ1n) is 6.33. The lowest BCUT2D eigenvalue weighted by Gasteiger charge is -2.18. The zero-order valence-electron chi connectivity index (χ0n) is 11.6. The molecule has 0 spiro atoms. The maximum Gasteiger partial charge on any atom is 0.128 e. The Labute approximate surface area is 109 Å². The number of nitrogens with zero attached hydrogens (tertiary/aromatic N) is 2. The third-order valence-electron chi connectivity index (χ3n) is 2.94. The van der Waals surface area contributed by atoms with Gasteiger partial charge in [-0.05, 0) is 52.3 Å². The van der Waals surface area contributed by atoms with E-state index in [0.717, 1.165) is 30.6 Å². The van der Waals surface area contributed by atoms with Crippen molar-refractivity contribution in [3.8, 4) is 0 Å². The van der Waals surface area contributed by atoms with E-state index in [1.807, 2.05) is 19.2 Å². The molecular weight excluding hydrogens is 229 g/mol. The summed E-state index contributed by atoms with van der Waals surface area (Å²) in [4.78, 5) is 4.30. The normalized spacial score (nSPS) is 11.5. The predicted molar refractivity (Wildman–Crippen MR) is 73.8 cm³/mol. The van der Waals surface area contributed by atoms with Crippen LogP contribution < -0.4 is 5.73 Å². The van der Waals surface area contributed by atoms with Crippen LogP contribution in [0.3, 0.4) is 0 Å². The van der Waals surface area contributed by atoms with Crippen molar-refractivity contribution in [2.45, 2.75) is 19.5 Å². The van der Waals surface area contributed by atoms with Gasteiger partial charge in [0.05, 0.1) is 0 Å². The summed E-state index contributed by atoms with van der Waals surface area (Å²) in [6, 6.07) is 5.26. The number of benzene rings is 1. The Morgan fingerprint density at radius 3 is 2.44 bits per heavy atom. The van der Waals surface area contributed by atoms with Gasteiger partial charge in [-0.2, -0.15) is 0 Å². The zero-order chi connectivity index (χ0) is 13.5. The molecule has 0 aliphatic heterocycles. The van der Waals surface area contributed by atoms with E-state index in [0.29, 0.717) is 13.1 Å². The molecule has 0 amide bonds. The third kappa shape index (κ3) is 5.12. The Morgan fingerprint density at radius 1 is 1.17 bits per heavy atom. The first kappa shape index (κ1) is 15.1. The molecule has 102 valence electrons. The summed E-state index contributed by atoms with van der Waals surface area (Å²) >= 11 is 0. The van der Waals surface area contributed by atoms with Gasteiger partial charge < -0.3 is 15.5 Å². The SMILES string of the molecule is CN(C)CCCN(C)Cc1ccc(CN)cc1F. The van der Waals surface area contributed by atoms with E-state index >= 15 is 0 Å². The molecule has 0 aliphatic carbocycles. The molecule has 0 saturated carbocycles. The maximum atomic E-state index is 13.8. The largest absolute Gasteiger partial charge is 0.326 e. The fourth-order valence-electron chi connectivity index (χ4n) is 1.87. The fourth-order valence-corrected chi connectivity index (χ4v) is 1.87. The molecule has 3 nitrogen and oxygen atoms in total. The Balaban J connectivity index is 2.46. The molecule has 2 N–H and O–H groups in total. The smallest absolute Gasteiger partial charge is 0.128 e. The van der Waals surface area contributed by atoms with Crippen LogP contribution in [0.2, 0.25) is 0 Å². The summed E-state index contributed by atoms with van der Waals surface area (Å²) < 4.78 is 13.8. The number of hydrogen-bond donors (Lipinski definition) is 1. The van der Waals surface area contributed by atoms with Crippen molar-refractivity contribution in [3.63, 3.8) is 0 Å². The van der Waals surface area contributed by atoms with Crippen LogP contribution in [0.4, 0.5) is 4.39 Å². The molecule has 0 fully saturated rings. The zero-order valence-corrected chi connectivity index (χ0v) is 11.6. The monoisotopic (exact) mass is 253 g/mol. The fraction of sp³-hybridized carbons (Fsp3) is 0.571. The summed E-state index contributed by atoms with van der Waals surface area (Å²) in [7, 11) is 6.14. The molecular formula is C14H24FN3. The summed E-state index contributed by atoms with van der Waals surface area (Å²) in [5, 5.41) is 0. The molecule has 0 aromatic heterocycles. The minimum atomic E-state index is -0.155. The van der Waals surface area contributed by atoms with E-state index in [1.54, 1.807) is 0 Å². The van der Waals surface area contributed by atoms with Gasteiger partial charge in [0.25, 0.3) is 0 Å². The van der Waals surface area contributed by atoms with Crippen LogP contribution in [0.25, 0.3) is 0 Å². The summed E-state index contributed by atoms with van der Waals surface area (Å²) in [6.07, 6.45) is 1.09. The van der Waals surface area contributed by atoms with Crippen molar-refractivity contribution in [1.29, 1.82) is 0 Å². The summed E-state index contributed by atoms with van der Waals surface area (Å²) in [6.45, 7) is 3.05. The third-order valence-corrected chi connectivity index (χ3v) is 2.94. The molecule has 4 heteroatoms. The first-order chi connectivity index (χ1) is 8.52. The molecule has 0 heterocycles. The summed E-state index contributed by atoms with van der Waals surface area (Å²) in [5.41, 5.74) is 7.06. The highest BCUT2D eigenvalue weighted by molar-refractivity contribution is 5.24. The van der Waals surface area contributed by atoms with Gasteiger partial charge in [0.15, 0.2) is 0 Å². The van der Waals surface area contributed by atoms with Crippen molar-refractivity contribution < 1.29 is 4.39 Å². The van der Waals surface area contributed by atoms with E-state index in [1.165, 1.54) is 6.07 Å². The lowest BCUT2D eigenvalue weighted by Crippen LogP contribution is -2.23. The second-order valence-corrected chi connectivity index (χ2v) is 5.02. The Morgan fingerprint density at radius 2 is 1.89 bits per heavy atom. The van der Waals surface area contributed by atoms with Gasteiger partial charge in [0, 0.05) is 18.7 Å². The molecule has 1 aromatic rings. The van der Waals surface area contributed by atoms with Gasteiger partial charge in [0.1, 0.15) is 5.82 Å². The minimum absolute atomic E-state index is 0.155. The van der Waals surface area contributed by atoms with Crippen LogP contribution in [-0.2, 0) is 13.1 Å². The van der Waals surface area contributed by atoms with Crippen LogP contribution in [0.1, 0.15) is 17.5 Å². The van der Waals surface area contributed by atoms with Crippen molar-refractivity contribution in [1.82, 2.24) is 9.80 Å². The molecule has 18 heavy (non-hydrogen) atoms. The molecule has 0 saturated heterocycles. The molecule has 0 unspecified atom stereocenters. The van der Waals surface area contributed by atoms with Crippen LogP contribution >= 0.6 is 0 Å². The topological polar surface area (TPSA) is 32.5 Å². The van der Waals surface area contributed by atoms with Gasteiger partial charge in [-0.1, -0.05) is 12.1 Å². The van der Waals surface area contributed by atoms with Crippen LogP contribution in [0, 0.1) is 5.82 Å². The van der Waals surface area contributed by atoms with Crippen LogP contribution in [0.15, 0.2) is 18.2 Å². The van der Waals surface area contributed by atoms with Gasteiger partial charge >= 0.3 is 0 Å². The Kier molecular flexibility index (Phi) is 6.25. The molecule has 0 aliphatic rings. The maximum absolute atomic E-state index is 13.8. The molecule has 1 rings (SSSR count). The molecule has 0 atom stereocenters. The van der Waals surface area contributed by atoms with Gasteiger partial charge in [-0.3, -0.25) is 0 Å². The van der Waals surface area contributed by atoms with E-state index in [4.69, 9.17) is 5.73 Å². The average Bonchev–Trinajstić information content (AvgIpc) is 2.31. The predicted octanol–water partition coefficient (Wildman–Crippen LogP) is 1.67. The number of halogens is 1.